The standard InChI is InChI=1S/C14H16BrCl2NO/c15-8-5-10(17)11(6-9(8)16)19-13-7-12(18)14(13)3-1-2-4-14/h5-6,12-13H,1-4,7,18H2. The molecule has 5 heteroatoms. The Labute approximate surface area is 131 Å². The van der Waals surface area contributed by atoms with Crippen molar-refractivity contribution < 1.29 is 4.74 Å². The van der Waals surface area contributed by atoms with Gasteiger partial charge in [-0.25, -0.2) is 0 Å². The van der Waals surface area contributed by atoms with Crippen LogP contribution in [0.15, 0.2) is 16.6 Å². The first kappa shape index (κ1) is 14.0. The van der Waals surface area contributed by atoms with Crippen LogP contribution in [0.4, 0.5) is 0 Å². The van der Waals surface area contributed by atoms with Crippen LogP contribution in [0.1, 0.15) is 32.1 Å². The van der Waals surface area contributed by atoms with E-state index in [0.717, 1.165) is 10.9 Å². The summed E-state index contributed by atoms with van der Waals surface area (Å²) in [7, 11) is 0. The minimum Gasteiger partial charge on any atom is -0.488 e. The third-order valence-electron chi connectivity index (χ3n) is 4.63. The van der Waals surface area contributed by atoms with Gasteiger partial charge in [0.25, 0.3) is 0 Å². The summed E-state index contributed by atoms with van der Waals surface area (Å²) < 4.78 is 6.89. The van der Waals surface area contributed by atoms with E-state index in [4.69, 9.17) is 33.7 Å². The lowest BCUT2D eigenvalue weighted by Crippen LogP contribution is -2.62. The highest BCUT2D eigenvalue weighted by atomic mass is 79.9. The van der Waals surface area contributed by atoms with Crippen molar-refractivity contribution in [3.05, 3.63) is 26.7 Å². The van der Waals surface area contributed by atoms with E-state index in [9.17, 15) is 0 Å². The highest BCUT2D eigenvalue weighted by molar-refractivity contribution is 9.10. The Bertz CT molecular complexity index is 502. The van der Waals surface area contributed by atoms with Gasteiger partial charge in [-0.15, -0.1) is 0 Å². The molecule has 1 aromatic carbocycles. The molecular weight excluding hydrogens is 349 g/mol. The molecule has 0 bridgehead atoms. The molecule has 2 atom stereocenters. The van der Waals surface area contributed by atoms with E-state index in [1.54, 1.807) is 12.1 Å². The van der Waals surface area contributed by atoms with Crippen molar-refractivity contribution in [1.82, 2.24) is 0 Å². The van der Waals surface area contributed by atoms with Crippen LogP contribution in [0, 0.1) is 5.41 Å². The van der Waals surface area contributed by atoms with Gasteiger partial charge in [0.2, 0.25) is 0 Å². The first-order chi connectivity index (χ1) is 9.03. The topological polar surface area (TPSA) is 35.2 Å². The predicted octanol–water partition coefficient (Wildman–Crippen LogP) is 4.79. The minimum atomic E-state index is 0.170. The fourth-order valence-electron chi connectivity index (χ4n) is 3.42. The molecule has 2 aliphatic rings. The summed E-state index contributed by atoms with van der Waals surface area (Å²) in [6.45, 7) is 0. The SMILES string of the molecule is NC1CC(Oc2cc(Cl)c(Br)cc2Cl)C12CCCC2. The molecule has 2 aliphatic carbocycles. The average Bonchev–Trinajstić information content (AvgIpc) is 2.87. The fraction of sp³-hybridized carbons (Fsp3) is 0.571. The third kappa shape index (κ3) is 2.29. The Kier molecular flexibility index (Phi) is 3.76. The molecule has 2 fully saturated rings. The number of halogens is 3. The minimum absolute atomic E-state index is 0.170. The molecule has 104 valence electrons. The van der Waals surface area contributed by atoms with Crippen LogP contribution in [0.25, 0.3) is 0 Å². The van der Waals surface area contributed by atoms with Crippen LogP contribution in [-0.2, 0) is 0 Å². The van der Waals surface area contributed by atoms with Gasteiger partial charge < -0.3 is 10.5 Å². The monoisotopic (exact) mass is 363 g/mol. The Hall–Kier alpha value is 0.0400. The molecule has 0 aromatic heterocycles. The first-order valence-electron chi connectivity index (χ1n) is 6.60. The predicted molar refractivity (Wildman–Crippen MR) is 82.1 cm³/mol. The van der Waals surface area contributed by atoms with E-state index < -0.39 is 0 Å². The molecule has 0 amide bonds. The molecule has 1 aromatic rings. The molecule has 2 N–H and O–H groups in total. The zero-order valence-electron chi connectivity index (χ0n) is 10.5. The van der Waals surface area contributed by atoms with Crippen molar-refractivity contribution in [2.75, 3.05) is 0 Å². The van der Waals surface area contributed by atoms with E-state index in [1.165, 1.54) is 25.7 Å². The largest absolute Gasteiger partial charge is 0.488 e. The Morgan fingerprint density at radius 3 is 2.53 bits per heavy atom. The lowest BCUT2D eigenvalue weighted by molar-refractivity contribution is -0.0619. The quantitative estimate of drug-likeness (QED) is 0.765. The Morgan fingerprint density at radius 1 is 1.21 bits per heavy atom. The maximum atomic E-state index is 6.21. The molecule has 0 heterocycles. The molecule has 2 unspecified atom stereocenters. The van der Waals surface area contributed by atoms with Gasteiger partial charge in [-0.3, -0.25) is 0 Å². The van der Waals surface area contributed by atoms with E-state index in [-0.39, 0.29) is 17.6 Å². The summed E-state index contributed by atoms with van der Waals surface area (Å²) in [5.41, 5.74) is 6.38. The number of nitrogens with two attached hydrogens (primary N) is 1. The van der Waals surface area contributed by atoms with Crippen LogP contribution in [0.5, 0.6) is 5.75 Å². The summed E-state index contributed by atoms with van der Waals surface area (Å²) >= 11 is 15.7. The molecule has 0 radical (unpaired) electrons. The molecule has 1 spiro atoms. The van der Waals surface area contributed by atoms with Gasteiger partial charge in [0.05, 0.1) is 10.0 Å². The van der Waals surface area contributed by atoms with Crippen LogP contribution < -0.4 is 10.5 Å². The van der Waals surface area contributed by atoms with Gasteiger partial charge in [-0.2, -0.15) is 0 Å². The second-order valence-corrected chi connectivity index (χ2v) is 7.25. The summed E-state index contributed by atoms with van der Waals surface area (Å²) in [5, 5.41) is 1.20. The smallest absolute Gasteiger partial charge is 0.139 e. The summed E-state index contributed by atoms with van der Waals surface area (Å²) in [6.07, 6.45) is 5.93. The van der Waals surface area contributed by atoms with Gasteiger partial charge in [0, 0.05) is 28.4 Å². The fourth-order valence-corrected chi connectivity index (χ4v) is 4.25. The maximum absolute atomic E-state index is 6.21. The van der Waals surface area contributed by atoms with Crippen molar-refractivity contribution in [1.29, 1.82) is 0 Å². The van der Waals surface area contributed by atoms with Crippen LogP contribution >= 0.6 is 39.1 Å². The van der Waals surface area contributed by atoms with Crippen LogP contribution in [-0.4, -0.2) is 12.1 Å². The molecular formula is C14H16BrCl2NO. The average molecular weight is 365 g/mol. The van der Waals surface area contributed by atoms with Crippen molar-refractivity contribution in [2.24, 2.45) is 11.1 Å². The molecule has 0 saturated heterocycles. The molecule has 19 heavy (non-hydrogen) atoms. The number of rotatable bonds is 2. The van der Waals surface area contributed by atoms with Gasteiger partial charge in [-0.05, 0) is 34.8 Å². The van der Waals surface area contributed by atoms with Crippen molar-refractivity contribution in [2.45, 2.75) is 44.2 Å². The van der Waals surface area contributed by atoms with Crippen molar-refractivity contribution >= 4 is 39.1 Å². The normalized spacial score (nSPS) is 28.4. The van der Waals surface area contributed by atoms with Gasteiger partial charge in [0.1, 0.15) is 11.9 Å². The highest BCUT2D eigenvalue weighted by Crippen LogP contribution is 2.54. The first-order valence-corrected chi connectivity index (χ1v) is 8.14. The van der Waals surface area contributed by atoms with Crippen molar-refractivity contribution in [3.63, 3.8) is 0 Å². The lowest BCUT2D eigenvalue weighted by Gasteiger charge is -2.52. The number of hydrogen-bond acceptors (Lipinski definition) is 2. The molecule has 3 rings (SSSR count). The summed E-state index contributed by atoms with van der Waals surface area (Å²) in [4.78, 5) is 0. The second kappa shape index (κ2) is 5.10. The number of ether oxygens (including phenoxy) is 1. The molecule has 0 aliphatic heterocycles. The summed E-state index contributed by atoms with van der Waals surface area (Å²) in [6, 6.07) is 3.82. The third-order valence-corrected chi connectivity index (χ3v) is 6.12. The van der Waals surface area contributed by atoms with Gasteiger partial charge >= 0.3 is 0 Å². The second-order valence-electron chi connectivity index (χ2n) is 5.59. The van der Waals surface area contributed by atoms with E-state index in [2.05, 4.69) is 15.9 Å². The van der Waals surface area contributed by atoms with E-state index in [0.29, 0.717) is 15.8 Å². The lowest BCUT2D eigenvalue weighted by atomic mass is 9.61. The maximum Gasteiger partial charge on any atom is 0.139 e. The Morgan fingerprint density at radius 2 is 1.89 bits per heavy atom. The molecule has 2 nitrogen and oxygen atoms in total. The number of hydrogen-bond donors (Lipinski definition) is 1. The van der Waals surface area contributed by atoms with Crippen LogP contribution in [0.3, 0.4) is 0 Å². The van der Waals surface area contributed by atoms with Gasteiger partial charge in [0.15, 0.2) is 0 Å². The zero-order chi connectivity index (χ0) is 13.6. The van der Waals surface area contributed by atoms with Crippen molar-refractivity contribution in [3.8, 4) is 5.75 Å². The van der Waals surface area contributed by atoms with Crippen LogP contribution in [0.2, 0.25) is 10.0 Å². The highest BCUT2D eigenvalue weighted by Gasteiger charge is 2.56. The van der Waals surface area contributed by atoms with E-state index >= 15 is 0 Å². The Balaban J connectivity index is 1.81. The zero-order valence-corrected chi connectivity index (χ0v) is 13.6. The molecule has 2 saturated carbocycles. The van der Waals surface area contributed by atoms with Gasteiger partial charge in [-0.1, -0.05) is 36.0 Å². The van der Waals surface area contributed by atoms with E-state index in [1.807, 2.05) is 0 Å². The summed E-state index contributed by atoms with van der Waals surface area (Å²) in [5.74, 6) is 0.665. The number of benzene rings is 1.